The van der Waals surface area contributed by atoms with Gasteiger partial charge in [0.1, 0.15) is 122 Å². The zero-order valence-corrected chi connectivity index (χ0v) is 54.7. The fourth-order valence-electron chi connectivity index (χ4n) is 16.9. The minimum atomic E-state index is -4.80. The van der Waals surface area contributed by atoms with Crippen molar-refractivity contribution >= 4 is 16.2 Å². The predicted octanol–water partition coefficient (Wildman–Crippen LogP) is -4.36. The molecule has 0 aromatic heterocycles. The Hall–Kier alpha value is -1.80. The summed E-state index contributed by atoms with van der Waals surface area (Å²) >= 11 is 0. The number of carbonyl (C=O) groups is 1. The highest BCUT2D eigenvalue weighted by Gasteiger charge is 2.64. The number of allylic oxidation sites excluding steroid dienone is 2. The lowest BCUT2D eigenvalue weighted by atomic mass is 9.47. The number of hydrogen-bond acceptors (Lipinski definition) is 31. The monoisotopic (exact) mass is 1380 g/mol. The Bertz CT molecular complexity index is 2700. The number of ether oxygens (including phenoxy) is 12. The van der Waals surface area contributed by atoms with Gasteiger partial charge in [-0.1, -0.05) is 39.3 Å². The molecule has 16 N–H and O–H groups in total. The average Bonchev–Trinajstić information content (AvgIpc) is 1.34. The molecule has 6 aliphatic heterocycles. The van der Waals surface area contributed by atoms with Crippen molar-refractivity contribution in [2.24, 2.45) is 46.3 Å². The molecular formula is C61H100O32S. The van der Waals surface area contributed by atoms with Crippen LogP contribution < -0.4 is 0 Å². The number of aliphatic hydroxyl groups is 15. The third-order valence-electron chi connectivity index (χ3n) is 22.4. The van der Waals surface area contributed by atoms with Gasteiger partial charge < -0.3 is 133 Å². The lowest BCUT2D eigenvalue weighted by Crippen LogP contribution is -2.67. The Morgan fingerprint density at radius 1 is 0.585 bits per heavy atom. The number of ketones is 1. The Balaban J connectivity index is 0.906. The number of hydrogen-bond donors (Lipinski definition) is 16. The highest BCUT2D eigenvalue weighted by atomic mass is 32.3. The van der Waals surface area contributed by atoms with Crippen molar-refractivity contribution in [3.05, 3.63) is 11.6 Å². The summed E-state index contributed by atoms with van der Waals surface area (Å²) in [4.78, 5) is 13.2. The molecule has 10 rings (SSSR count). The summed E-state index contributed by atoms with van der Waals surface area (Å²) in [5.41, 5.74) is -1.15. The van der Waals surface area contributed by atoms with Crippen molar-refractivity contribution in [2.75, 3.05) is 26.4 Å². The molecule has 3 saturated carbocycles. The van der Waals surface area contributed by atoms with Crippen LogP contribution in [-0.2, 0) is 76.2 Å². The summed E-state index contributed by atoms with van der Waals surface area (Å²) in [5.74, 6) is -1.45. The van der Waals surface area contributed by atoms with Crippen molar-refractivity contribution in [2.45, 2.75) is 290 Å². The van der Waals surface area contributed by atoms with Crippen molar-refractivity contribution < 1.29 is 155 Å². The van der Waals surface area contributed by atoms with E-state index in [-0.39, 0.29) is 54.3 Å². The molecule has 0 aromatic rings. The second kappa shape index (κ2) is 29.3. The molecule has 0 radical (unpaired) electrons. The van der Waals surface area contributed by atoms with Gasteiger partial charge >= 0.3 is 10.4 Å². The summed E-state index contributed by atoms with van der Waals surface area (Å²) < 4.78 is 111. The zero-order valence-electron chi connectivity index (χ0n) is 53.9. The molecule has 6 heterocycles. The average molecular weight is 1380 g/mol. The third-order valence-corrected chi connectivity index (χ3v) is 22.8. The Morgan fingerprint density at radius 2 is 1.09 bits per heavy atom. The molecule has 6 saturated heterocycles. The summed E-state index contributed by atoms with van der Waals surface area (Å²) in [5, 5.41) is 168. The zero-order chi connectivity index (χ0) is 68.7. The quantitative estimate of drug-likeness (QED) is 0.0381. The van der Waals surface area contributed by atoms with Crippen molar-refractivity contribution in [3.8, 4) is 0 Å². The maximum absolute atomic E-state index is 13.2. The van der Waals surface area contributed by atoms with Gasteiger partial charge in [0.15, 0.2) is 37.7 Å². The van der Waals surface area contributed by atoms with E-state index in [4.69, 9.17) is 61.0 Å². The topological polar surface area (TPSA) is 495 Å². The summed E-state index contributed by atoms with van der Waals surface area (Å²) in [6.07, 6.45) is -43.3. The fraction of sp³-hybridized carbons (Fsp3) is 0.951. The first-order chi connectivity index (χ1) is 44.0. The fourth-order valence-corrected chi connectivity index (χ4v) is 17.2. The van der Waals surface area contributed by atoms with Crippen LogP contribution in [0.4, 0.5) is 0 Å². The van der Waals surface area contributed by atoms with E-state index < -0.39 is 225 Å². The molecule has 94 heavy (non-hydrogen) atoms. The van der Waals surface area contributed by atoms with Crippen molar-refractivity contribution in [3.63, 3.8) is 0 Å². The van der Waals surface area contributed by atoms with Crippen LogP contribution in [0.1, 0.15) is 107 Å². The van der Waals surface area contributed by atoms with Gasteiger partial charge in [-0.2, -0.15) is 8.42 Å². The molecule has 0 aromatic carbocycles. The number of carbonyl (C=O) groups excluding carboxylic acids is 1. The minimum Gasteiger partial charge on any atom is -0.394 e. The second-order valence-corrected chi connectivity index (χ2v) is 30.0. The summed E-state index contributed by atoms with van der Waals surface area (Å²) in [7, 11) is -4.80. The molecule has 0 amide bonds. The SMILES string of the molecule is CC(C)C(=O)C[C@](C)(O)[C@H]1CC[C@H]2[C@@H]3C[C@H](O[C@@H]4O[C@H](C)[C@@H](O)[C@H](O[C@@H]5OC[C@@H](O[C@@H]6O[C@H](CO)[C@H](O)[C@H](O)[C@H]6O[C@@H]6O[C@H](C)[C@H](O)[C@H](O[C@@H]7O[C@@H](CO)[C@H](O)[C@H]7O)[C@H]6O)[C@H](O)[C@H]5O[C@@H]5O[C@H](C)[C@@H](O)[C@H](O)[C@H]5O)[C@H]4O)[C@H]4C[C@@H](COS(=O)(=O)O)CC[C@]4(C)C3=CC[C@@]21C. The molecule has 37 atom stereocenters. The maximum atomic E-state index is 13.2. The lowest BCUT2D eigenvalue weighted by molar-refractivity contribution is -0.400. The molecule has 0 spiro atoms. The molecule has 0 bridgehead atoms. The maximum Gasteiger partial charge on any atom is 0.397 e. The first kappa shape index (κ1) is 74.9. The van der Waals surface area contributed by atoms with E-state index in [2.05, 4.69) is 19.9 Å². The first-order valence-corrected chi connectivity index (χ1v) is 34.2. The van der Waals surface area contributed by atoms with E-state index in [1.807, 2.05) is 0 Å². The van der Waals surface area contributed by atoms with Crippen LogP contribution in [0.5, 0.6) is 0 Å². The highest BCUT2D eigenvalue weighted by molar-refractivity contribution is 7.80. The number of aliphatic hydroxyl groups excluding tert-OH is 14. The molecular weight excluding hydrogens is 1280 g/mol. The van der Waals surface area contributed by atoms with Gasteiger partial charge in [-0.25, -0.2) is 4.18 Å². The molecule has 33 heteroatoms. The molecule has 10 aliphatic rings. The van der Waals surface area contributed by atoms with E-state index in [0.717, 1.165) is 6.42 Å². The van der Waals surface area contributed by atoms with Gasteiger partial charge in [0.05, 0.1) is 56.4 Å². The van der Waals surface area contributed by atoms with Crippen LogP contribution in [0.2, 0.25) is 0 Å². The van der Waals surface area contributed by atoms with Gasteiger partial charge in [0.25, 0.3) is 0 Å². The molecule has 9 fully saturated rings. The molecule has 32 nitrogen and oxygen atoms in total. The van der Waals surface area contributed by atoms with Gasteiger partial charge in [0, 0.05) is 12.3 Å². The standard InChI is InChI=1S/C61H100O32S/c1-22(2)31(64)17-61(8,77)36-10-9-28-27-16-32(30-15-26(20-82-94(78,79)80)11-13-59(30,6)29(27)12-14-60(28,36)7)86-55-47(75)50(39(67)24(4)84-55)91-57-51(92-53-46(74)43(71)37(65)23(3)83-53)42(70)35(21-81-57)89-58-52(44(72)40(68)33(18-62)88-58)93-56-48(76)49(38(66)25(5)85-56)90-54-45(73)41(69)34(19-63)87-54/h12,22-28,30,32-58,62-63,65-77H,9-11,13-21H2,1-8H3,(H,78,79,80)/t23-,24-,25-,26+,27+,28+,30-,32+,33-,34+,35-,36+,37-,38+,39-,40+,41+,42+,43+,44+,45-,46-,47-,48-,49+,50+,51-,52-,53+,54+,55+,56+,57+,58+,59-,60+,61+/m1/s1. The van der Waals surface area contributed by atoms with Crippen LogP contribution in [0.3, 0.4) is 0 Å². The van der Waals surface area contributed by atoms with Gasteiger partial charge in [0.2, 0.25) is 0 Å². The molecule has 4 aliphatic carbocycles. The van der Waals surface area contributed by atoms with Crippen LogP contribution >= 0.6 is 0 Å². The minimum absolute atomic E-state index is 0.00453. The highest BCUT2D eigenvalue weighted by Crippen LogP contribution is 2.68. The van der Waals surface area contributed by atoms with Crippen LogP contribution in [0.25, 0.3) is 0 Å². The lowest BCUT2D eigenvalue weighted by Gasteiger charge is -2.60. The van der Waals surface area contributed by atoms with Crippen LogP contribution in [0, 0.1) is 46.3 Å². The Labute approximate surface area is 544 Å². The van der Waals surface area contributed by atoms with Crippen LogP contribution in [0.15, 0.2) is 11.6 Å². The van der Waals surface area contributed by atoms with Crippen molar-refractivity contribution in [1.29, 1.82) is 0 Å². The molecule has 542 valence electrons. The predicted molar refractivity (Wildman–Crippen MR) is 312 cm³/mol. The number of rotatable bonds is 21. The van der Waals surface area contributed by atoms with E-state index in [0.29, 0.717) is 38.5 Å². The van der Waals surface area contributed by atoms with Crippen LogP contribution in [-0.4, -0.2) is 306 Å². The smallest absolute Gasteiger partial charge is 0.394 e. The molecule has 0 unspecified atom stereocenters. The third kappa shape index (κ3) is 14.7. The second-order valence-electron chi connectivity index (χ2n) is 28.9. The van der Waals surface area contributed by atoms with Gasteiger partial charge in [-0.15, -0.1) is 0 Å². The normalized spacial score (nSPS) is 51.5. The van der Waals surface area contributed by atoms with E-state index >= 15 is 0 Å². The largest absolute Gasteiger partial charge is 0.397 e. The Kier molecular flexibility index (Phi) is 23.3. The van der Waals surface area contributed by atoms with E-state index in [1.165, 1.54) is 26.3 Å². The Morgan fingerprint density at radius 3 is 1.67 bits per heavy atom. The van der Waals surface area contributed by atoms with Crippen molar-refractivity contribution in [1.82, 2.24) is 0 Å². The first-order valence-electron chi connectivity index (χ1n) is 32.8. The summed E-state index contributed by atoms with van der Waals surface area (Å²) in [6, 6.07) is 0. The van der Waals surface area contributed by atoms with Gasteiger partial charge in [-0.3, -0.25) is 9.35 Å². The van der Waals surface area contributed by atoms with E-state index in [1.54, 1.807) is 20.8 Å². The number of Topliss-reactive ketones (excluding diaryl/α,β-unsaturated/α-hetero) is 1. The van der Waals surface area contributed by atoms with Gasteiger partial charge in [-0.05, 0) is 113 Å². The van der Waals surface area contributed by atoms with E-state index in [9.17, 15) is 94.4 Å². The summed E-state index contributed by atoms with van der Waals surface area (Å²) in [6.45, 7) is 11.1. The number of fused-ring (bicyclic) bond motifs is 5.